The summed E-state index contributed by atoms with van der Waals surface area (Å²) in [4.78, 5) is 36.4. The highest BCUT2D eigenvalue weighted by molar-refractivity contribution is 6.09. The lowest BCUT2D eigenvalue weighted by molar-refractivity contribution is -0.123. The van der Waals surface area contributed by atoms with Crippen LogP contribution in [-0.2, 0) is 21.7 Å². The number of benzene rings is 3. The van der Waals surface area contributed by atoms with Crippen molar-refractivity contribution in [2.24, 2.45) is 0 Å². The quantitative estimate of drug-likeness (QED) is 0.307. The third-order valence-electron chi connectivity index (χ3n) is 6.29. The number of aryl methyl sites for hydroxylation is 1. The smallest absolute Gasteiger partial charge is 0.322 e. The molecule has 4 amide bonds. The van der Waals surface area contributed by atoms with E-state index >= 15 is 0 Å². The van der Waals surface area contributed by atoms with E-state index in [1.165, 1.54) is 22.5 Å². The number of urea groups is 1. The summed E-state index contributed by atoms with van der Waals surface area (Å²) in [5.74, 6) is -0.723. The number of aromatic nitrogens is 1. The highest BCUT2D eigenvalue weighted by atomic mass is 16.2. The van der Waals surface area contributed by atoms with Crippen LogP contribution < -0.4 is 16.0 Å². The van der Waals surface area contributed by atoms with Crippen molar-refractivity contribution >= 4 is 51.4 Å². The standard InChI is InChI=1S/C27H24N4O3/c1-3-31-22-10-5-4-9-20(22)21-15-17(11-13-23(21)31)12-14-24(32)28-19-8-6-7-18(16-19)27(2)25(33)29-26(34)30-27/h4-16H,3H2,1-2H3,(H,28,32)(H2,29,30,33,34)/b14-12+. The molecule has 1 aliphatic rings. The predicted molar refractivity (Wildman–Crippen MR) is 133 cm³/mol. The summed E-state index contributed by atoms with van der Waals surface area (Å²) >= 11 is 0. The third kappa shape index (κ3) is 3.61. The molecule has 0 saturated carbocycles. The summed E-state index contributed by atoms with van der Waals surface area (Å²) < 4.78 is 2.28. The van der Waals surface area contributed by atoms with Gasteiger partial charge in [0.05, 0.1) is 0 Å². The van der Waals surface area contributed by atoms with Crippen molar-refractivity contribution in [2.75, 3.05) is 5.32 Å². The van der Waals surface area contributed by atoms with Crippen LogP contribution >= 0.6 is 0 Å². The number of nitrogens with zero attached hydrogens (tertiary/aromatic N) is 1. The van der Waals surface area contributed by atoms with Gasteiger partial charge in [-0.2, -0.15) is 0 Å². The topological polar surface area (TPSA) is 92.2 Å². The molecule has 0 spiro atoms. The second-order valence-electron chi connectivity index (χ2n) is 8.47. The summed E-state index contributed by atoms with van der Waals surface area (Å²) in [6.45, 7) is 4.64. The Kier molecular flexibility index (Phi) is 5.17. The Morgan fingerprint density at radius 2 is 1.79 bits per heavy atom. The van der Waals surface area contributed by atoms with Crippen molar-refractivity contribution < 1.29 is 14.4 Å². The van der Waals surface area contributed by atoms with Gasteiger partial charge in [-0.1, -0.05) is 36.4 Å². The van der Waals surface area contributed by atoms with E-state index in [-0.39, 0.29) is 5.91 Å². The zero-order chi connectivity index (χ0) is 23.9. The molecule has 7 heteroatoms. The van der Waals surface area contributed by atoms with Crippen LogP contribution in [0.1, 0.15) is 25.0 Å². The number of imide groups is 1. The van der Waals surface area contributed by atoms with Gasteiger partial charge in [0.2, 0.25) is 5.91 Å². The molecule has 1 saturated heterocycles. The Balaban J connectivity index is 1.37. The van der Waals surface area contributed by atoms with E-state index in [2.05, 4.69) is 51.7 Å². The Morgan fingerprint density at radius 1 is 1.00 bits per heavy atom. The van der Waals surface area contributed by atoms with E-state index in [1.807, 2.05) is 18.2 Å². The summed E-state index contributed by atoms with van der Waals surface area (Å²) in [5, 5.41) is 10.0. The molecule has 1 aromatic heterocycles. The van der Waals surface area contributed by atoms with Gasteiger partial charge in [-0.25, -0.2) is 4.79 Å². The first-order valence-electron chi connectivity index (χ1n) is 11.1. The van der Waals surface area contributed by atoms with Crippen molar-refractivity contribution in [2.45, 2.75) is 25.9 Å². The van der Waals surface area contributed by atoms with Gasteiger partial charge in [0.15, 0.2) is 0 Å². The normalized spacial score (nSPS) is 17.9. The molecule has 5 rings (SSSR count). The first kappa shape index (κ1) is 21.5. The van der Waals surface area contributed by atoms with Crippen LogP contribution in [0.4, 0.5) is 10.5 Å². The molecule has 7 nitrogen and oxygen atoms in total. The molecule has 0 bridgehead atoms. The number of carbonyl (C=O) groups excluding carboxylic acids is 3. The van der Waals surface area contributed by atoms with Crippen molar-refractivity contribution in [3.8, 4) is 0 Å². The van der Waals surface area contributed by atoms with E-state index in [4.69, 9.17) is 0 Å². The lowest BCUT2D eigenvalue weighted by Crippen LogP contribution is -2.40. The molecule has 4 aromatic rings. The van der Waals surface area contributed by atoms with Crippen molar-refractivity contribution in [1.29, 1.82) is 0 Å². The number of hydrogen-bond acceptors (Lipinski definition) is 3. The van der Waals surface area contributed by atoms with Crippen molar-refractivity contribution in [3.05, 3.63) is 83.9 Å². The molecular weight excluding hydrogens is 428 g/mol. The number of carbonyl (C=O) groups is 3. The highest BCUT2D eigenvalue weighted by Crippen LogP contribution is 2.30. The fourth-order valence-corrected chi connectivity index (χ4v) is 4.53. The number of amides is 4. The average molecular weight is 453 g/mol. The van der Waals surface area contributed by atoms with Gasteiger partial charge in [-0.3, -0.25) is 14.9 Å². The number of hydrogen-bond donors (Lipinski definition) is 3. The van der Waals surface area contributed by atoms with E-state index in [0.29, 0.717) is 11.3 Å². The van der Waals surface area contributed by atoms with Gasteiger partial charge in [0, 0.05) is 40.1 Å². The van der Waals surface area contributed by atoms with Gasteiger partial charge in [-0.15, -0.1) is 0 Å². The van der Waals surface area contributed by atoms with Crippen molar-refractivity contribution in [3.63, 3.8) is 0 Å². The fraction of sp³-hybridized carbons (Fsp3) is 0.148. The van der Waals surface area contributed by atoms with E-state index in [9.17, 15) is 14.4 Å². The van der Waals surface area contributed by atoms with Crippen LogP contribution in [-0.4, -0.2) is 22.4 Å². The SMILES string of the molecule is CCn1c2ccccc2c2cc(/C=C/C(=O)Nc3cccc(C4(C)NC(=O)NC4=O)c3)ccc21. The van der Waals surface area contributed by atoms with Gasteiger partial charge in [0.1, 0.15) is 5.54 Å². The van der Waals surface area contributed by atoms with Crippen LogP contribution in [0.3, 0.4) is 0 Å². The molecule has 1 fully saturated rings. The van der Waals surface area contributed by atoms with E-state index in [0.717, 1.165) is 17.5 Å². The average Bonchev–Trinajstić information content (AvgIpc) is 3.30. The Bertz CT molecular complexity index is 1500. The Morgan fingerprint density at radius 3 is 2.56 bits per heavy atom. The summed E-state index contributed by atoms with van der Waals surface area (Å²) in [6.07, 6.45) is 3.27. The van der Waals surface area contributed by atoms with Crippen LogP contribution in [0, 0.1) is 0 Å². The molecule has 1 aliphatic heterocycles. The van der Waals surface area contributed by atoms with E-state index in [1.54, 1.807) is 37.3 Å². The Hall–Kier alpha value is -4.39. The first-order valence-corrected chi connectivity index (χ1v) is 11.1. The number of anilines is 1. The first-order chi connectivity index (χ1) is 16.4. The number of rotatable bonds is 5. The number of para-hydroxylation sites is 1. The van der Waals surface area contributed by atoms with Gasteiger partial charge < -0.3 is 15.2 Å². The molecule has 170 valence electrons. The van der Waals surface area contributed by atoms with Gasteiger partial charge >= 0.3 is 6.03 Å². The minimum absolute atomic E-state index is 0.293. The molecule has 1 unspecified atom stereocenters. The second kappa shape index (κ2) is 8.19. The molecule has 2 heterocycles. The maximum absolute atomic E-state index is 12.6. The fourth-order valence-electron chi connectivity index (χ4n) is 4.53. The maximum Gasteiger partial charge on any atom is 0.322 e. The molecule has 3 N–H and O–H groups in total. The zero-order valence-corrected chi connectivity index (χ0v) is 18.9. The largest absolute Gasteiger partial charge is 0.341 e. The molecule has 0 radical (unpaired) electrons. The summed E-state index contributed by atoms with van der Waals surface area (Å²) in [6, 6.07) is 20.8. The monoisotopic (exact) mass is 452 g/mol. The highest BCUT2D eigenvalue weighted by Gasteiger charge is 2.43. The number of nitrogens with one attached hydrogen (secondary N) is 3. The minimum atomic E-state index is -1.18. The maximum atomic E-state index is 12.6. The molecular formula is C27H24N4O3. The van der Waals surface area contributed by atoms with Crippen LogP contribution in [0.5, 0.6) is 0 Å². The summed E-state index contributed by atoms with van der Waals surface area (Å²) in [7, 11) is 0. The van der Waals surface area contributed by atoms with Crippen molar-refractivity contribution in [1.82, 2.24) is 15.2 Å². The molecule has 1 atom stereocenters. The van der Waals surface area contributed by atoms with Crippen LogP contribution in [0.15, 0.2) is 72.8 Å². The summed E-state index contributed by atoms with van der Waals surface area (Å²) in [5.41, 5.74) is 3.21. The van der Waals surface area contributed by atoms with Crippen LogP contribution in [0.2, 0.25) is 0 Å². The Labute approximate surface area is 196 Å². The zero-order valence-electron chi connectivity index (χ0n) is 18.9. The minimum Gasteiger partial charge on any atom is -0.341 e. The number of fused-ring (bicyclic) bond motifs is 3. The second-order valence-corrected chi connectivity index (χ2v) is 8.47. The van der Waals surface area contributed by atoms with Crippen LogP contribution in [0.25, 0.3) is 27.9 Å². The molecule has 3 aromatic carbocycles. The molecule has 34 heavy (non-hydrogen) atoms. The lowest BCUT2D eigenvalue weighted by atomic mass is 9.92. The van der Waals surface area contributed by atoms with Gasteiger partial charge in [-0.05, 0) is 61.4 Å². The van der Waals surface area contributed by atoms with Gasteiger partial charge in [0.25, 0.3) is 5.91 Å². The molecule has 0 aliphatic carbocycles. The third-order valence-corrected chi connectivity index (χ3v) is 6.29. The van der Waals surface area contributed by atoms with E-state index < -0.39 is 17.5 Å². The lowest BCUT2D eigenvalue weighted by Gasteiger charge is -2.21. The predicted octanol–water partition coefficient (Wildman–Crippen LogP) is 4.52.